The van der Waals surface area contributed by atoms with Gasteiger partial charge in [0.25, 0.3) is 5.91 Å². The summed E-state index contributed by atoms with van der Waals surface area (Å²) in [5, 5.41) is 4.02. The Labute approximate surface area is 126 Å². The second-order valence-electron chi connectivity index (χ2n) is 4.01. The van der Waals surface area contributed by atoms with Crippen molar-refractivity contribution in [2.75, 3.05) is 5.32 Å². The van der Waals surface area contributed by atoms with Crippen LogP contribution in [-0.4, -0.2) is 5.91 Å². The second-order valence-corrected chi connectivity index (χ2v) is 5.26. The maximum absolute atomic E-state index is 12.2. The molecule has 2 aromatic carbocycles. The fourth-order valence-corrected chi connectivity index (χ4v) is 2.46. The van der Waals surface area contributed by atoms with Crippen LogP contribution >= 0.6 is 34.8 Å². The third-order valence-electron chi connectivity index (χ3n) is 2.63. The molecule has 1 amide bonds. The maximum Gasteiger partial charge on any atom is 0.258 e. The van der Waals surface area contributed by atoms with Crippen molar-refractivity contribution in [1.82, 2.24) is 0 Å². The Morgan fingerprint density at radius 2 is 1.68 bits per heavy atom. The van der Waals surface area contributed by atoms with Crippen molar-refractivity contribution in [2.45, 2.75) is 6.92 Å². The second kappa shape index (κ2) is 5.83. The number of hydrogen-bond donors (Lipinski definition) is 1. The molecule has 2 aromatic rings. The van der Waals surface area contributed by atoms with E-state index < -0.39 is 0 Å². The summed E-state index contributed by atoms with van der Waals surface area (Å²) >= 11 is 17.8. The number of rotatable bonds is 2. The smallest absolute Gasteiger partial charge is 0.258 e. The van der Waals surface area contributed by atoms with Crippen molar-refractivity contribution in [2.24, 2.45) is 0 Å². The highest BCUT2D eigenvalue weighted by Gasteiger charge is 2.15. The van der Waals surface area contributed by atoms with Gasteiger partial charge in [0.2, 0.25) is 0 Å². The normalized spacial score (nSPS) is 10.3. The van der Waals surface area contributed by atoms with Gasteiger partial charge in [0.05, 0.1) is 15.6 Å². The minimum atomic E-state index is -0.346. The van der Waals surface area contributed by atoms with Crippen LogP contribution in [0.1, 0.15) is 15.9 Å². The molecule has 98 valence electrons. The Morgan fingerprint density at radius 3 is 2.26 bits per heavy atom. The molecule has 2 rings (SSSR count). The van der Waals surface area contributed by atoms with Crippen molar-refractivity contribution in [1.29, 1.82) is 0 Å². The van der Waals surface area contributed by atoms with E-state index in [1.165, 1.54) is 0 Å². The first kappa shape index (κ1) is 14.2. The van der Waals surface area contributed by atoms with E-state index in [2.05, 4.69) is 5.32 Å². The molecular formula is C14H10Cl3NO. The van der Waals surface area contributed by atoms with Gasteiger partial charge in [-0.05, 0) is 42.8 Å². The number of anilines is 1. The van der Waals surface area contributed by atoms with Crippen LogP contribution in [0.25, 0.3) is 0 Å². The summed E-state index contributed by atoms with van der Waals surface area (Å²) < 4.78 is 0. The van der Waals surface area contributed by atoms with Gasteiger partial charge in [-0.2, -0.15) is 0 Å². The Bertz CT molecular complexity index is 620. The molecule has 5 heteroatoms. The molecule has 0 fully saturated rings. The quantitative estimate of drug-likeness (QED) is 0.810. The zero-order chi connectivity index (χ0) is 14.0. The topological polar surface area (TPSA) is 29.1 Å². The molecule has 0 aliphatic rings. The number of nitrogens with one attached hydrogen (secondary N) is 1. The first-order valence-electron chi connectivity index (χ1n) is 5.50. The Kier molecular flexibility index (Phi) is 4.35. The highest BCUT2D eigenvalue weighted by atomic mass is 35.5. The molecule has 1 N–H and O–H groups in total. The van der Waals surface area contributed by atoms with E-state index in [1.807, 2.05) is 6.92 Å². The average molecular weight is 315 g/mol. The zero-order valence-corrected chi connectivity index (χ0v) is 12.3. The molecule has 19 heavy (non-hydrogen) atoms. The van der Waals surface area contributed by atoms with E-state index in [0.717, 1.165) is 5.56 Å². The van der Waals surface area contributed by atoms with Crippen LogP contribution in [0.5, 0.6) is 0 Å². The SMILES string of the molecule is Cc1cc(Cl)ccc1NC(=O)c1c(Cl)cccc1Cl. The standard InChI is InChI=1S/C14H10Cl3NO/c1-8-7-9(15)5-6-12(8)18-14(19)13-10(16)3-2-4-11(13)17/h2-7H,1H3,(H,18,19). The molecule has 0 aliphatic heterocycles. The van der Waals surface area contributed by atoms with Gasteiger partial charge in [-0.25, -0.2) is 0 Å². The van der Waals surface area contributed by atoms with Gasteiger partial charge in [-0.1, -0.05) is 40.9 Å². The average Bonchev–Trinajstić information content (AvgIpc) is 2.32. The number of hydrogen-bond acceptors (Lipinski definition) is 1. The summed E-state index contributed by atoms with van der Waals surface area (Å²) in [5.41, 5.74) is 1.80. The summed E-state index contributed by atoms with van der Waals surface area (Å²) in [6.07, 6.45) is 0. The Hall–Kier alpha value is -1.22. The monoisotopic (exact) mass is 313 g/mol. The predicted octanol–water partition coefficient (Wildman–Crippen LogP) is 5.21. The minimum Gasteiger partial charge on any atom is -0.322 e. The van der Waals surface area contributed by atoms with E-state index in [4.69, 9.17) is 34.8 Å². The van der Waals surface area contributed by atoms with Crippen LogP contribution in [0.15, 0.2) is 36.4 Å². The highest BCUT2D eigenvalue weighted by molar-refractivity contribution is 6.40. The fourth-order valence-electron chi connectivity index (χ4n) is 1.67. The Balaban J connectivity index is 2.31. The molecule has 0 bridgehead atoms. The van der Waals surface area contributed by atoms with Crippen molar-refractivity contribution >= 4 is 46.4 Å². The molecule has 0 unspecified atom stereocenters. The van der Waals surface area contributed by atoms with E-state index >= 15 is 0 Å². The number of benzene rings is 2. The van der Waals surface area contributed by atoms with Crippen LogP contribution < -0.4 is 5.32 Å². The molecule has 0 aliphatic carbocycles. The van der Waals surface area contributed by atoms with Crippen molar-refractivity contribution in [3.05, 3.63) is 62.6 Å². The summed E-state index contributed by atoms with van der Waals surface area (Å²) in [7, 11) is 0. The largest absolute Gasteiger partial charge is 0.322 e. The summed E-state index contributed by atoms with van der Waals surface area (Å²) in [6.45, 7) is 1.86. The molecule has 0 heterocycles. The molecule has 0 spiro atoms. The lowest BCUT2D eigenvalue weighted by Gasteiger charge is -2.10. The van der Waals surface area contributed by atoms with E-state index in [9.17, 15) is 4.79 Å². The summed E-state index contributed by atoms with van der Waals surface area (Å²) in [5.74, 6) is -0.346. The molecular weight excluding hydrogens is 305 g/mol. The van der Waals surface area contributed by atoms with Gasteiger partial charge in [0.1, 0.15) is 0 Å². The van der Waals surface area contributed by atoms with Crippen molar-refractivity contribution < 1.29 is 4.79 Å². The van der Waals surface area contributed by atoms with Gasteiger partial charge >= 0.3 is 0 Å². The van der Waals surface area contributed by atoms with Crippen LogP contribution in [0.3, 0.4) is 0 Å². The minimum absolute atomic E-state index is 0.264. The number of aryl methyl sites for hydroxylation is 1. The summed E-state index contributed by atoms with van der Waals surface area (Å²) in [6, 6.07) is 10.1. The van der Waals surface area contributed by atoms with E-state index in [0.29, 0.717) is 20.8 Å². The Morgan fingerprint density at radius 1 is 1.05 bits per heavy atom. The fraction of sp³-hybridized carbons (Fsp3) is 0.0714. The molecule has 0 aromatic heterocycles. The van der Waals surface area contributed by atoms with Gasteiger partial charge in [0.15, 0.2) is 0 Å². The van der Waals surface area contributed by atoms with Gasteiger partial charge < -0.3 is 5.32 Å². The lowest BCUT2D eigenvalue weighted by atomic mass is 10.1. The summed E-state index contributed by atoms with van der Waals surface area (Å²) in [4.78, 5) is 12.2. The number of halogens is 3. The molecule has 0 atom stereocenters. The van der Waals surface area contributed by atoms with Gasteiger partial charge in [0, 0.05) is 10.7 Å². The highest BCUT2D eigenvalue weighted by Crippen LogP contribution is 2.26. The number of carbonyl (C=O) groups is 1. The van der Waals surface area contributed by atoms with Crippen LogP contribution in [0.2, 0.25) is 15.1 Å². The number of amides is 1. The first-order valence-corrected chi connectivity index (χ1v) is 6.64. The third kappa shape index (κ3) is 3.21. The van der Waals surface area contributed by atoms with E-state index in [-0.39, 0.29) is 11.5 Å². The van der Waals surface area contributed by atoms with Crippen LogP contribution in [-0.2, 0) is 0 Å². The molecule has 0 saturated carbocycles. The molecule has 0 radical (unpaired) electrons. The third-order valence-corrected chi connectivity index (χ3v) is 3.49. The number of carbonyl (C=O) groups excluding carboxylic acids is 1. The first-order chi connectivity index (χ1) is 8.99. The van der Waals surface area contributed by atoms with Crippen molar-refractivity contribution in [3.8, 4) is 0 Å². The molecule has 2 nitrogen and oxygen atoms in total. The lowest BCUT2D eigenvalue weighted by molar-refractivity contribution is 0.102. The predicted molar refractivity (Wildman–Crippen MR) is 80.6 cm³/mol. The molecule has 0 saturated heterocycles. The lowest BCUT2D eigenvalue weighted by Crippen LogP contribution is -2.13. The maximum atomic E-state index is 12.2. The van der Waals surface area contributed by atoms with Gasteiger partial charge in [-0.15, -0.1) is 0 Å². The van der Waals surface area contributed by atoms with Crippen molar-refractivity contribution in [3.63, 3.8) is 0 Å². The van der Waals surface area contributed by atoms with Crippen LogP contribution in [0.4, 0.5) is 5.69 Å². The van der Waals surface area contributed by atoms with Gasteiger partial charge in [-0.3, -0.25) is 4.79 Å². The van der Waals surface area contributed by atoms with E-state index in [1.54, 1.807) is 36.4 Å². The van der Waals surface area contributed by atoms with Crippen LogP contribution in [0, 0.1) is 6.92 Å². The zero-order valence-electron chi connectivity index (χ0n) is 10.0.